The predicted octanol–water partition coefficient (Wildman–Crippen LogP) is 3.45. The van der Waals surface area contributed by atoms with E-state index in [0.717, 1.165) is 5.39 Å². The number of para-hydroxylation sites is 1. The lowest BCUT2D eigenvalue weighted by atomic mass is 9.81. The zero-order chi connectivity index (χ0) is 18.0. The first-order chi connectivity index (χ1) is 12.6. The van der Waals surface area contributed by atoms with Crippen LogP contribution < -0.4 is 5.73 Å². The van der Waals surface area contributed by atoms with Crippen LogP contribution in [0.4, 0.5) is 5.69 Å². The topological polar surface area (TPSA) is 93.3 Å². The summed E-state index contributed by atoms with van der Waals surface area (Å²) in [5.41, 5.74) is 7.81. The molecule has 0 saturated carbocycles. The summed E-state index contributed by atoms with van der Waals surface area (Å²) in [6, 6.07) is 15.8. The number of benzene rings is 3. The molecule has 124 valence electrons. The minimum absolute atomic E-state index is 0.00466. The monoisotopic (exact) mass is 340 g/mol. The highest BCUT2D eigenvalue weighted by molar-refractivity contribution is 6.34. The minimum atomic E-state index is -0.408. The number of aromatic hydroxyl groups is 1. The van der Waals surface area contributed by atoms with E-state index in [2.05, 4.69) is 4.98 Å². The first kappa shape index (κ1) is 14.6. The van der Waals surface area contributed by atoms with Crippen molar-refractivity contribution in [2.75, 3.05) is 5.73 Å². The van der Waals surface area contributed by atoms with E-state index >= 15 is 0 Å². The lowest BCUT2D eigenvalue weighted by Gasteiger charge is -2.21. The number of anilines is 1. The molecule has 0 aliphatic heterocycles. The highest BCUT2D eigenvalue weighted by Crippen LogP contribution is 2.42. The molecule has 26 heavy (non-hydrogen) atoms. The summed E-state index contributed by atoms with van der Waals surface area (Å²) in [5.74, 6) is -1.11. The Morgan fingerprint density at radius 3 is 2.19 bits per heavy atom. The van der Waals surface area contributed by atoms with Crippen LogP contribution in [0.25, 0.3) is 21.8 Å². The molecular weight excluding hydrogens is 328 g/mol. The number of phenols is 1. The number of carbonyl (C=O) groups is 2. The molecule has 0 radical (unpaired) electrons. The molecule has 0 amide bonds. The first-order valence-corrected chi connectivity index (χ1v) is 8.10. The van der Waals surface area contributed by atoms with Crippen molar-refractivity contribution in [1.29, 1.82) is 0 Å². The average molecular weight is 340 g/mol. The summed E-state index contributed by atoms with van der Waals surface area (Å²) in [7, 11) is 0. The maximum Gasteiger partial charge on any atom is 0.198 e. The summed E-state index contributed by atoms with van der Waals surface area (Å²) in [6.07, 6.45) is 0. The second kappa shape index (κ2) is 4.89. The Balaban J connectivity index is 1.99. The number of fused-ring (bicyclic) bond motifs is 5. The molecule has 5 nitrogen and oxygen atoms in total. The van der Waals surface area contributed by atoms with E-state index in [1.165, 1.54) is 0 Å². The van der Waals surface area contributed by atoms with Crippen LogP contribution in [0.1, 0.15) is 31.8 Å². The van der Waals surface area contributed by atoms with Gasteiger partial charge in [0.25, 0.3) is 0 Å². The standard InChI is InChI=1S/C21H12N2O3/c22-17-18-13(9-10-5-1-4-8-14(10)23-18)15-16(21(17)26)20(25)12-7-3-2-6-11(12)19(15)24/h1-9,26H,22H2. The fraction of sp³-hybridized carbons (Fsp3) is 0. The third-order valence-corrected chi connectivity index (χ3v) is 4.86. The molecule has 0 fully saturated rings. The normalized spacial score (nSPS) is 13.1. The van der Waals surface area contributed by atoms with Crippen LogP contribution in [0.15, 0.2) is 54.6 Å². The number of rotatable bonds is 0. The van der Waals surface area contributed by atoms with Gasteiger partial charge in [-0.1, -0.05) is 42.5 Å². The first-order valence-electron chi connectivity index (χ1n) is 8.10. The molecule has 3 aromatic carbocycles. The predicted molar refractivity (Wildman–Crippen MR) is 98.6 cm³/mol. The smallest absolute Gasteiger partial charge is 0.198 e. The van der Waals surface area contributed by atoms with Gasteiger partial charge in [0.05, 0.1) is 16.6 Å². The van der Waals surface area contributed by atoms with Gasteiger partial charge in [-0.15, -0.1) is 0 Å². The van der Waals surface area contributed by atoms with Crippen LogP contribution in [0.3, 0.4) is 0 Å². The summed E-state index contributed by atoms with van der Waals surface area (Å²) in [4.78, 5) is 30.6. The van der Waals surface area contributed by atoms with Gasteiger partial charge in [-0.2, -0.15) is 0 Å². The number of nitrogens with zero attached hydrogens (tertiary/aromatic N) is 1. The fourth-order valence-corrected chi connectivity index (χ4v) is 3.62. The van der Waals surface area contributed by atoms with E-state index in [9.17, 15) is 14.7 Å². The van der Waals surface area contributed by atoms with Crippen molar-refractivity contribution in [3.05, 3.63) is 76.9 Å². The number of aromatic nitrogens is 1. The molecule has 3 N–H and O–H groups in total. The number of hydrogen-bond donors (Lipinski definition) is 2. The number of nitrogen functional groups attached to an aromatic ring is 1. The van der Waals surface area contributed by atoms with Gasteiger partial charge in [0.2, 0.25) is 0 Å². The summed E-state index contributed by atoms with van der Waals surface area (Å²) in [6.45, 7) is 0. The third-order valence-electron chi connectivity index (χ3n) is 4.86. The summed E-state index contributed by atoms with van der Waals surface area (Å²) < 4.78 is 0. The van der Waals surface area contributed by atoms with Gasteiger partial charge in [-0.05, 0) is 12.1 Å². The molecular formula is C21H12N2O3. The zero-order valence-electron chi connectivity index (χ0n) is 13.5. The van der Waals surface area contributed by atoms with E-state index in [4.69, 9.17) is 5.73 Å². The van der Waals surface area contributed by atoms with E-state index in [1.54, 1.807) is 30.3 Å². The molecule has 1 aliphatic rings. The molecule has 0 saturated heterocycles. The Morgan fingerprint density at radius 2 is 1.46 bits per heavy atom. The molecule has 1 heterocycles. The second-order valence-electron chi connectivity index (χ2n) is 6.29. The number of nitrogens with two attached hydrogens (primary N) is 1. The minimum Gasteiger partial charge on any atom is -0.505 e. The Morgan fingerprint density at radius 1 is 0.846 bits per heavy atom. The number of ketones is 2. The van der Waals surface area contributed by atoms with Gasteiger partial charge in [0.15, 0.2) is 17.3 Å². The van der Waals surface area contributed by atoms with Gasteiger partial charge >= 0.3 is 0 Å². The molecule has 4 aromatic rings. The maximum atomic E-state index is 13.1. The lowest BCUT2D eigenvalue weighted by Crippen LogP contribution is -2.22. The Hall–Kier alpha value is -3.73. The van der Waals surface area contributed by atoms with E-state index in [-0.39, 0.29) is 33.9 Å². The van der Waals surface area contributed by atoms with Crippen molar-refractivity contribution in [3.8, 4) is 5.75 Å². The Labute approximate surface area is 147 Å². The molecule has 1 aromatic heterocycles. The van der Waals surface area contributed by atoms with Crippen LogP contribution in [0, 0.1) is 0 Å². The van der Waals surface area contributed by atoms with Crippen LogP contribution in [-0.4, -0.2) is 21.7 Å². The molecule has 5 heteroatoms. The van der Waals surface area contributed by atoms with Gasteiger partial charge in [0, 0.05) is 27.5 Å². The number of phenolic OH excluding ortho intramolecular Hbond substituents is 1. The van der Waals surface area contributed by atoms with Gasteiger partial charge in [-0.25, -0.2) is 4.98 Å². The molecule has 0 atom stereocenters. The summed E-state index contributed by atoms with van der Waals surface area (Å²) >= 11 is 0. The van der Waals surface area contributed by atoms with E-state index in [0.29, 0.717) is 22.0 Å². The Kier molecular flexibility index (Phi) is 2.75. The second-order valence-corrected chi connectivity index (χ2v) is 6.29. The third kappa shape index (κ3) is 1.71. The van der Waals surface area contributed by atoms with Crippen molar-refractivity contribution < 1.29 is 14.7 Å². The van der Waals surface area contributed by atoms with E-state index in [1.807, 2.05) is 24.3 Å². The summed E-state index contributed by atoms with van der Waals surface area (Å²) in [5, 5.41) is 11.9. The number of carbonyl (C=O) groups excluding carboxylic acids is 2. The van der Waals surface area contributed by atoms with Gasteiger partial charge in [0.1, 0.15) is 5.69 Å². The van der Waals surface area contributed by atoms with Crippen LogP contribution in [0.2, 0.25) is 0 Å². The van der Waals surface area contributed by atoms with Crippen molar-refractivity contribution in [2.24, 2.45) is 0 Å². The number of hydrogen-bond acceptors (Lipinski definition) is 5. The van der Waals surface area contributed by atoms with Crippen LogP contribution in [-0.2, 0) is 0 Å². The van der Waals surface area contributed by atoms with Gasteiger partial charge < -0.3 is 10.8 Å². The van der Waals surface area contributed by atoms with Gasteiger partial charge in [-0.3, -0.25) is 9.59 Å². The van der Waals surface area contributed by atoms with Crippen molar-refractivity contribution in [3.63, 3.8) is 0 Å². The SMILES string of the molecule is Nc1c(O)c2c(c3cc4ccccc4nc13)C(=O)c1ccccc1C2=O. The largest absolute Gasteiger partial charge is 0.505 e. The van der Waals surface area contributed by atoms with E-state index < -0.39 is 5.78 Å². The molecule has 0 spiro atoms. The maximum absolute atomic E-state index is 13.1. The lowest BCUT2D eigenvalue weighted by molar-refractivity contribution is 0.0978. The molecule has 0 unspecified atom stereocenters. The van der Waals surface area contributed by atoms with Crippen LogP contribution in [0.5, 0.6) is 5.75 Å². The molecule has 0 bridgehead atoms. The van der Waals surface area contributed by atoms with Crippen LogP contribution >= 0.6 is 0 Å². The highest BCUT2D eigenvalue weighted by Gasteiger charge is 2.35. The highest BCUT2D eigenvalue weighted by atomic mass is 16.3. The fourth-order valence-electron chi connectivity index (χ4n) is 3.62. The average Bonchev–Trinajstić information content (AvgIpc) is 2.67. The molecule has 5 rings (SSSR count). The van der Waals surface area contributed by atoms with Crippen molar-refractivity contribution in [1.82, 2.24) is 4.98 Å². The van der Waals surface area contributed by atoms with Crippen molar-refractivity contribution >= 4 is 39.1 Å². The quantitative estimate of drug-likeness (QED) is 0.256. The Bertz CT molecular complexity index is 1290. The zero-order valence-corrected chi connectivity index (χ0v) is 13.5. The van der Waals surface area contributed by atoms with Crippen molar-refractivity contribution in [2.45, 2.75) is 0 Å². The number of pyridine rings is 1. The molecule has 1 aliphatic carbocycles.